The molecule has 7 nitrogen and oxygen atoms in total. The Bertz CT molecular complexity index is 465. The Morgan fingerprint density at radius 3 is 2.83 bits per heavy atom. The molecule has 1 atom stereocenters. The lowest BCUT2D eigenvalue weighted by Crippen LogP contribution is -2.54. The molecule has 2 rings (SSSR count). The van der Waals surface area contributed by atoms with Gasteiger partial charge < -0.3 is 20.3 Å². The summed E-state index contributed by atoms with van der Waals surface area (Å²) in [5.74, 6) is 1.23. The van der Waals surface area contributed by atoms with Gasteiger partial charge in [0.1, 0.15) is 11.9 Å². The molecule has 1 fully saturated rings. The first-order chi connectivity index (χ1) is 8.52. The van der Waals surface area contributed by atoms with E-state index >= 15 is 0 Å². The normalized spacial score (nSPS) is 20.2. The van der Waals surface area contributed by atoms with E-state index in [1.54, 1.807) is 18.0 Å². The number of ether oxygens (including phenoxy) is 1. The molecular formula is C11H17N5O2. The lowest BCUT2D eigenvalue weighted by atomic mass is 10.2. The minimum Gasteiger partial charge on any atom is -0.481 e. The Morgan fingerprint density at radius 2 is 2.17 bits per heavy atom. The number of amides is 1. The smallest absolute Gasteiger partial charge is 0.244 e. The van der Waals surface area contributed by atoms with E-state index in [4.69, 9.17) is 10.5 Å². The van der Waals surface area contributed by atoms with Gasteiger partial charge in [-0.25, -0.2) is 0 Å². The zero-order valence-corrected chi connectivity index (χ0v) is 10.8. The van der Waals surface area contributed by atoms with Crippen molar-refractivity contribution in [2.45, 2.75) is 13.0 Å². The highest BCUT2D eigenvalue weighted by molar-refractivity contribution is 5.85. The summed E-state index contributed by atoms with van der Waals surface area (Å²) in [6.07, 6.45) is 0. The van der Waals surface area contributed by atoms with E-state index in [2.05, 4.69) is 9.97 Å². The van der Waals surface area contributed by atoms with Gasteiger partial charge in [0.2, 0.25) is 17.7 Å². The van der Waals surface area contributed by atoms with E-state index < -0.39 is 0 Å². The van der Waals surface area contributed by atoms with Crippen molar-refractivity contribution in [3.63, 3.8) is 0 Å². The molecule has 98 valence electrons. The average molecular weight is 251 g/mol. The fourth-order valence-electron chi connectivity index (χ4n) is 2.01. The third-order valence-corrected chi connectivity index (χ3v) is 3.09. The van der Waals surface area contributed by atoms with E-state index in [0.717, 1.165) is 0 Å². The Labute approximate surface area is 106 Å². The largest absolute Gasteiger partial charge is 0.481 e. The summed E-state index contributed by atoms with van der Waals surface area (Å²) in [5, 5.41) is 0. The minimum absolute atomic E-state index is 0.0670. The third-order valence-electron chi connectivity index (χ3n) is 3.09. The van der Waals surface area contributed by atoms with Crippen LogP contribution in [0.3, 0.4) is 0 Å². The monoisotopic (exact) mass is 251 g/mol. The molecule has 0 saturated carbocycles. The van der Waals surface area contributed by atoms with Crippen molar-refractivity contribution in [3.8, 4) is 5.88 Å². The van der Waals surface area contributed by atoms with E-state index in [1.165, 1.54) is 7.11 Å². The topological polar surface area (TPSA) is 84.6 Å². The van der Waals surface area contributed by atoms with Crippen molar-refractivity contribution in [1.82, 2.24) is 14.9 Å². The van der Waals surface area contributed by atoms with Gasteiger partial charge in [-0.3, -0.25) is 4.79 Å². The lowest BCUT2D eigenvalue weighted by Gasteiger charge is -2.38. The van der Waals surface area contributed by atoms with E-state index in [9.17, 15) is 4.79 Å². The Balaban J connectivity index is 2.31. The maximum atomic E-state index is 11.9. The Kier molecular flexibility index (Phi) is 3.22. The zero-order chi connectivity index (χ0) is 13.3. The zero-order valence-electron chi connectivity index (χ0n) is 10.8. The van der Waals surface area contributed by atoms with Crippen LogP contribution in [0.2, 0.25) is 0 Å². The molecule has 1 amide bonds. The number of methoxy groups -OCH3 is 1. The number of nitrogens with two attached hydrogens (primary N) is 1. The van der Waals surface area contributed by atoms with E-state index in [-0.39, 0.29) is 17.9 Å². The minimum atomic E-state index is -0.261. The average Bonchev–Trinajstić information content (AvgIpc) is 2.35. The first-order valence-electron chi connectivity index (χ1n) is 5.73. The fourth-order valence-corrected chi connectivity index (χ4v) is 2.01. The van der Waals surface area contributed by atoms with E-state index in [1.807, 2.05) is 11.8 Å². The number of hydrogen-bond acceptors (Lipinski definition) is 6. The Hall–Kier alpha value is -2.05. The number of nitrogens with zero attached hydrogens (tertiary/aromatic N) is 4. The van der Waals surface area contributed by atoms with Gasteiger partial charge in [-0.1, -0.05) is 0 Å². The van der Waals surface area contributed by atoms with Crippen LogP contribution in [0, 0.1) is 0 Å². The molecule has 1 aliphatic heterocycles. The lowest BCUT2D eigenvalue weighted by molar-refractivity contribution is -0.132. The number of rotatable bonds is 2. The number of carbonyl (C=O) groups excluding carboxylic acids is 1. The summed E-state index contributed by atoms with van der Waals surface area (Å²) < 4.78 is 5.06. The van der Waals surface area contributed by atoms with Gasteiger partial charge in [0.15, 0.2) is 0 Å². The number of piperazine rings is 1. The number of aromatic nitrogens is 2. The van der Waals surface area contributed by atoms with Gasteiger partial charge in [-0.2, -0.15) is 9.97 Å². The van der Waals surface area contributed by atoms with Gasteiger partial charge in [0, 0.05) is 26.2 Å². The molecule has 1 aromatic heterocycles. The summed E-state index contributed by atoms with van der Waals surface area (Å²) in [4.78, 5) is 23.6. The summed E-state index contributed by atoms with van der Waals surface area (Å²) in [5.41, 5.74) is 5.62. The van der Waals surface area contributed by atoms with Crippen molar-refractivity contribution in [3.05, 3.63) is 6.07 Å². The molecule has 1 unspecified atom stereocenters. The Morgan fingerprint density at radius 1 is 1.44 bits per heavy atom. The maximum Gasteiger partial charge on any atom is 0.244 e. The van der Waals surface area contributed by atoms with Gasteiger partial charge in [0.25, 0.3) is 0 Å². The first kappa shape index (κ1) is 12.4. The second-order valence-corrected chi connectivity index (χ2v) is 4.26. The van der Waals surface area contributed by atoms with Crippen LogP contribution < -0.4 is 15.4 Å². The molecule has 0 aromatic carbocycles. The van der Waals surface area contributed by atoms with E-state index in [0.29, 0.717) is 24.8 Å². The van der Waals surface area contributed by atoms with Crippen molar-refractivity contribution >= 4 is 17.7 Å². The molecule has 0 spiro atoms. The van der Waals surface area contributed by atoms with Gasteiger partial charge >= 0.3 is 0 Å². The molecule has 1 aliphatic rings. The molecular weight excluding hydrogens is 234 g/mol. The van der Waals surface area contributed by atoms with Crippen LogP contribution in [0.4, 0.5) is 11.8 Å². The summed E-state index contributed by atoms with van der Waals surface area (Å²) >= 11 is 0. The van der Waals surface area contributed by atoms with Crippen LogP contribution in [-0.4, -0.2) is 54.1 Å². The summed E-state index contributed by atoms with van der Waals surface area (Å²) in [6, 6.07) is 1.42. The summed E-state index contributed by atoms with van der Waals surface area (Å²) in [7, 11) is 3.31. The second-order valence-electron chi connectivity index (χ2n) is 4.26. The van der Waals surface area contributed by atoms with Crippen LogP contribution in [0.25, 0.3) is 0 Å². The highest BCUT2D eigenvalue weighted by Gasteiger charge is 2.30. The highest BCUT2D eigenvalue weighted by Crippen LogP contribution is 2.22. The number of likely N-dealkylation sites (N-methyl/N-ethyl adjacent to an activating group) is 1. The summed E-state index contributed by atoms with van der Waals surface area (Å²) in [6.45, 7) is 3.22. The second kappa shape index (κ2) is 4.67. The van der Waals surface area contributed by atoms with Crippen LogP contribution in [0.5, 0.6) is 5.88 Å². The third kappa shape index (κ3) is 2.15. The van der Waals surface area contributed by atoms with Gasteiger partial charge in [-0.05, 0) is 6.92 Å². The molecule has 0 aliphatic carbocycles. The quantitative estimate of drug-likeness (QED) is 0.779. The SMILES string of the molecule is COc1cc(N2CCN(C)C(=O)C2C)nc(N)n1. The molecule has 0 bridgehead atoms. The molecule has 1 saturated heterocycles. The van der Waals surface area contributed by atoms with Crippen molar-refractivity contribution in [1.29, 1.82) is 0 Å². The number of nitrogen functional groups attached to an aromatic ring is 1. The molecule has 2 N–H and O–H groups in total. The molecule has 2 heterocycles. The van der Waals surface area contributed by atoms with Crippen molar-refractivity contribution in [2.24, 2.45) is 0 Å². The van der Waals surface area contributed by atoms with Gasteiger partial charge in [-0.15, -0.1) is 0 Å². The predicted octanol–water partition coefficient (Wildman–Crippen LogP) is -0.266. The molecule has 1 aromatic rings. The fraction of sp³-hybridized carbons (Fsp3) is 0.545. The standard InChI is InChI=1S/C11H17N5O2/c1-7-10(17)15(2)4-5-16(7)8-6-9(18-3)14-11(12)13-8/h6-7H,4-5H2,1-3H3,(H2,12,13,14). The van der Waals surface area contributed by atoms with Crippen molar-refractivity contribution in [2.75, 3.05) is 37.9 Å². The maximum absolute atomic E-state index is 11.9. The molecule has 18 heavy (non-hydrogen) atoms. The number of anilines is 2. The van der Waals surface area contributed by atoms with Crippen molar-refractivity contribution < 1.29 is 9.53 Å². The molecule has 7 heteroatoms. The number of carbonyl (C=O) groups is 1. The number of hydrogen-bond donors (Lipinski definition) is 1. The molecule has 0 radical (unpaired) electrons. The van der Waals surface area contributed by atoms with Crippen LogP contribution in [0.15, 0.2) is 6.07 Å². The highest BCUT2D eigenvalue weighted by atomic mass is 16.5. The predicted molar refractivity (Wildman–Crippen MR) is 67.4 cm³/mol. The van der Waals surface area contributed by atoms with Gasteiger partial charge in [0.05, 0.1) is 7.11 Å². The van der Waals surface area contributed by atoms with Crippen LogP contribution >= 0.6 is 0 Å². The van der Waals surface area contributed by atoms with Crippen LogP contribution in [-0.2, 0) is 4.79 Å². The first-order valence-corrected chi connectivity index (χ1v) is 5.73. The van der Waals surface area contributed by atoms with Crippen LogP contribution in [0.1, 0.15) is 6.92 Å².